The van der Waals surface area contributed by atoms with Crippen molar-refractivity contribution < 1.29 is 57.5 Å². The van der Waals surface area contributed by atoms with E-state index < -0.39 is 50.1 Å². The van der Waals surface area contributed by atoms with Crippen molar-refractivity contribution in [3.8, 4) is 0 Å². The van der Waals surface area contributed by atoms with E-state index in [4.69, 9.17) is 0 Å². The second-order valence-electron chi connectivity index (χ2n) is 26.5. The fraction of sp³-hybridized carbons (Fsp3) is 0.946. The lowest BCUT2D eigenvalue weighted by Crippen LogP contribution is -2.50. The molecule has 0 saturated carbocycles. The van der Waals surface area contributed by atoms with E-state index in [9.17, 15) is 39.6 Å². The summed E-state index contributed by atoms with van der Waals surface area (Å²) in [6, 6.07) is 0. The van der Waals surface area contributed by atoms with Crippen LogP contribution in [0.3, 0.4) is 0 Å². The Balaban J connectivity index is -0.000000327. The number of carboxylic acids is 4. The second-order valence-corrected chi connectivity index (χ2v) is 26.5. The van der Waals surface area contributed by atoms with Gasteiger partial charge in [-0.15, -0.1) is 0 Å². The van der Waals surface area contributed by atoms with E-state index in [1.165, 1.54) is 328 Å². The molecule has 0 unspecified atom stereocenters. The van der Waals surface area contributed by atoms with Gasteiger partial charge in [0.2, 0.25) is 0 Å². The molecule has 0 atom stereocenters. The van der Waals surface area contributed by atoms with E-state index in [-0.39, 0.29) is 13.1 Å². The molecule has 0 rings (SSSR count). The highest BCUT2D eigenvalue weighted by Gasteiger charge is 2.28. The smallest absolute Gasteiger partial charge is 0.0786 e. The van der Waals surface area contributed by atoms with Gasteiger partial charge in [-0.3, -0.25) is 9.80 Å². The molecule has 0 aromatic rings. The molecule has 0 radical (unpaired) electrons. The lowest BCUT2D eigenvalue weighted by atomic mass is 10.1. The first-order valence-corrected chi connectivity index (χ1v) is 37.8. The third-order valence-electron chi connectivity index (χ3n) is 17.9. The molecule has 0 fully saturated rings. The van der Waals surface area contributed by atoms with Gasteiger partial charge >= 0.3 is 0 Å². The molecule has 0 saturated heterocycles. The first-order valence-electron chi connectivity index (χ1n) is 37.8. The topological polar surface area (TPSA) is 167 Å². The Kier molecular flexibility index (Phi) is 72.4. The maximum atomic E-state index is 10.4. The number of carbonyl (C=O) groups excluding carboxylic acids is 4. The van der Waals surface area contributed by atoms with Crippen LogP contribution < -0.4 is 20.4 Å². The third kappa shape index (κ3) is 58.7. The Bertz CT molecular complexity index is 1140. The van der Waals surface area contributed by atoms with Crippen molar-refractivity contribution in [3.63, 3.8) is 0 Å². The van der Waals surface area contributed by atoms with Gasteiger partial charge in [-0.1, -0.05) is 214 Å². The van der Waals surface area contributed by atoms with Gasteiger partial charge in [-0.25, -0.2) is 0 Å². The van der Waals surface area contributed by atoms with Crippen molar-refractivity contribution in [1.29, 1.82) is 0 Å². The number of hydrogen-bond acceptors (Lipinski definition) is 10. The van der Waals surface area contributed by atoms with Gasteiger partial charge < -0.3 is 57.5 Å². The van der Waals surface area contributed by atoms with Crippen molar-refractivity contribution in [1.82, 2.24) is 9.80 Å². The molecule has 88 heavy (non-hydrogen) atoms. The van der Waals surface area contributed by atoms with Gasteiger partial charge in [0.05, 0.1) is 129 Å². The highest BCUT2D eigenvalue weighted by Crippen LogP contribution is 2.20. The lowest BCUT2D eigenvalue weighted by Gasteiger charge is -2.39. The summed E-state index contributed by atoms with van der Waals surface area (Å²) < 4.78 is 5.68. The predicted molar refractivity (Wildman–Crippen MR) is 370 cm³/mol. The van der Waals surface area contributed by atoms with E-state index in [0.717, 1.165) is 9.80 Å². The monoisotopic (exact) mass is 1260 g/mol. The minimum atomic E-state index is -1.53. The summed E-state index contributed by atoms with van der Waals surface area (Å²) in [6.45, 7) is 56.8. The largest absolute Gasteiger partial charge is 0.549 e. The van der Waals surface area contributed by atoms with E-state index in [1.807, 2.05) is 0 Å². The number of hydrogen-bond donors (Lipinski definition) is 0. The zero-order chi connectivity index (χ0) is 67.6. The molecular formula is C74H156N6O8. The highest BCUT2D eigenvalue weighted by molar-refractivity contribution is 5.71. The van der Waals surface area contributed by atoms with E-state index in [2.05, 4.69) is 111 Å². The number of unbranched alkanes of at least 4 members (excludes halogenated alkanes) is 16. The molecule has 0 bridgehead atoms. The molecular weight excluding hydrogens is 1100 g/mol. The summed E-state index contributed by atoms with van der Waals surface area (Å²) in [5, 5.41) is 41.6. The molecule has 0 aliphatic rings. The Morgan fingerprint density at radius 2 is 0.295 bits per heavy atom. The van der Waals surface area contributed by atoms with Crippen LogP contribution in [0.15, 0.2) is 0 Å². The van der Waals surface area contributed by atoms with Gasteiger partial charge in [0.15, 0.2) is 0 Å². The molecule has 0 heterocycles. The van der Waals surface area contributed by atoms with Crippen LogP contribution in [-0.2, 0) is 19.2 Å². The molecule has 0 aromatic heterocycles. The van der Waals surface area contributed by atoms with E-state index in [0.29, 0.717) is 0 Å². The van der Waals surface area contributed by atoms with Crippen LogP contribution in [0.2, 0.25) is 0 Å². The van der Waals surface area contributed by atoms with Gasteiger partial charge in [0.1, 0.15) is 0 Å². The van der Waals surface area contributed by atoms with Gasteiger partial charge in [-0.05, 0) is 103 Å². The maximum absolute atomic E-state index is 10.4. The average Bonchev–Trinajstić information content (AvgIpc) is 3.72. The zero-order valence-corrected chi connectivity index (χ0v) is 62.1. The molecule has 0 aliphatic heterocycles. The molecule has 0 N–H and O–H groups in total. The molecule has 0 spiro atoms. The minimum absolute atomic E-state index is 0.206. The van der Waals surface area contributed by atoms with E-state index in [1.54, 1.807) is 0 Å². The number of carboxylic acid groups (broad SMARTS) is 4. The molecule has 14 nitrogen and oxygen atoms in total. The predicted octanol–water partition coefficient (Wildman–Crippen LogP) is 12.6. The van der Waals surface area contributed by atoms with Crippen LogP contribution in [0.25, 0.3) is 0 Å². The highest BCUT2D eigenvalue weighted by atomic mass is 16.4. The van der Waals surface area contributed by atoms with Crippen LogP contribution in [0.1, 0.15) is 316 Å². The fourth-order valence-electron chi connectivity index (χ4n) is 12.0. The lowest BCUT2D eigenvalue weighted by molar-refractivity contribution is -0.929. The average molecular weight is 1260 g/mol. The second kappa shape index (κ2) is 67.5. The van der Waals surface area contributed by atoms with Gasteiger partial charge in [-0.2, -0.15) is 0 Å². The summed E-state index contributed by atoms with van der Waals surface area (Å²) in [4.78, 5) is 43.4. The maximum Gasteiger partial charge on any atom is 0.0786 e. The summed E-state index contributed by atoms with van der Waals surface area (Å²) in [5.41, 5.74) is 0. The standard InChI is InChI=1S/4C16H36N.C10H16N2O8/c4*1-5-9-13-17(14-10-6-2,15-11-7-3)16-12-8-4;13-7(14)3-11(4-8(15)16)1-2-12(5-9(17)18)6-10(19)20/h4*5-16H2,1-4H3;1-6H2,(H,13,14)(H,15,16)(H,17,18)(H,19,20)/q4*+1;/p-4. The van der Waals surface area contributed by atoms with Crippen LogP contribution in [0, 0.1) is 0 Å². The molecule has 0 aliphatic carbocycles. The Morgan fingerprint density at radius 3 is 0.364 bits per heavy atom. The summed E-state index contributed by atoms with van der Waals surface area (Å²) in [6.07, 6.45) is 44.2. The first kappa shape index (κ1) is 94.3. The van der Waals surface area contributed by atoms with Crippen molar-refractivity contribution in [2.75, 3.05) is 144 Å². The van der Waals surface area contributed by atoms with Gasteiger partial charge in [0.25, 0.3) is 0 Å². The quantitative estimate of drug-likeness (QED) is 0.0535. The summed E-state index contributed by atoms with van der Waals surface area (Å²) >= 11 is 0. The Labute approximate surface area is 549 Å². The van der Waals surface area contributed by atoms with Crippen molar-refractivity contribution >= 4 is 23.9 Å². The number of rotatable bonds is 59. The third-order valence-corrected chi connectivity index (χ3v) is 17.9. The molecule has 14 heteroatoms. The number of nitrogens with zero attached hydrogens (tertiary/aromatic N) is 6. The van der Waals surface area contributed by atoms with Gasteiger partial charge in [0, 0.05) is 39.3 Å². The SMILES string of the molecule is CCCC[N+](CCCC)(CCCC)CCCC.CCCC[N+](CCCC)(CCCC)CCCC.CCCC[N+](CCCC)(CCCC)CCCC.CCCC[N+](CCCC)(CCCC)CCCC.O=C([O-])CN(CCN(CC(=O)[O-])CC(=O)[O-])CC(=O)[O-]. The summed E-state index contributed by atoms with van der Waals surface area (Å²) in [7, 11) is 0. The number of quaternary nitrogens is 4. The molecule has 530 valence electrons. The number of carbonyl (C=O) groups is 4. The summed E-state index contributed by atoms with van der Waals surface area (Å²) in [5.74, 6) is -6.12. The minimum Gasteiger partial charge on any atom is -0.549 e. The Morgan fingerprint density at radius 1 is 0.205 bits per heavy atom. The van der Waals surface area contributed by atoms with Crippen molar-refractivity contribution in [2.45, 2.75) is 316 Å². The zero-order valence-electron chi connectivity index (χ0n) is 62.1. The van der Waals surface area contributed by atoms with Crippen LogP contribution in [0.5, 0.6) is 0 Å². The van der Waals surface area contributed by atoms with E-state index >= 15 is 0 Å². The fourth-order valence-corrected chi connectivity index (χ4v) is 12.0. The number of aliphatic carboxylic acids is 4. The van der Waals surface area contributed by atoms with Crippen molar-refractivity contribution in [2.24, 2.45) is 0 Å². The van der Waals surface area contributed by atoms with Crippen LogP contribution in [0.4, 0.5) is 0 Å². The van der Waals surface area contributed by atoms with Crippen LogP contribution in [-0.4, -0.2) is 196 Å². The molecule has 0 aromatic carbocycles. The first-order chi connectivity index (χ1) is 42.2. The van der Waals surface area contributed by atoms with Crippen molar-refractivity contribution in [3.05, 3.63) is 0 Å². The van der Waals surface area contributed by atoms with Crippen LogP contribution >= 0.6 is 0 Å². The Hall–Kier alpha value is -2.36. The normalized spacial score (nSPS) is 11.7. The molecule has 0 amide bonds.